The number of aryl methyl sites for hydroxylation is 1. The number of rotatable bonds is 6. The molecule has 28 heavy (non-hydrogen) atoms. The van der Waals surface area contributed by atoms with Crippen molar-refractivity contribution in [2.45, 2.75) is 20.0 Å². The molecule has 0 atom stereocenters. The number of pyridine rings is 2. The van der Waals surface area contributed by atoms with Gasteiger partial charge in [-0.2, -0.15) is 0 Å². The normalized spacial score (nSPS) is 10.5. The second-order valence-corrected chi connectivity index (χ2v) is 5.90. The Labute approximate surface area is 161 Å². The molecule has 3 rings (SSSR count). The number of fused-ring (bicyclic) bond motifs is 1. The van der Waals surface area contributed by atoms with Crippen LogP contribution in [0.4, 0.5) is 4.79 Å². The van der Waals surface area contributed by atoms with Crippen molar-refractivity contribution in [2.75, 3.05) is 14.2 Å². The van der Waals surface area contributed by atoms with Crippen LogP contribution in [0.15, 0.2) is 47.5 Å². The standard InChI is InChI=1S/C20H21N3O5/c1-4-23-12-18(28-20(25)22-11-13-7-5-6-8-21-13)14-9-16(26-2)17(27-3)10-15(14)19(23)24/h5-10,12H,4,11H2,1-3H3,(H,22,25). The molecule has 1 amide bonds. The Kier molecular flexibility index (Phi) is 5.78. The van der Waals surface area contributed by atoms with Crippen LogP contribution in [-0.2, 0) is 13.1 Å². The van der Waals surface area contributed by atoms with E-state index in [1.807, 2.05) is 13.0 Å². The molecular formula is C20H21N3O5. The van der Waals surface area contributed by atoms with Gasteiger partial charge in [-0.1, -0.05) is 6.07 Å². The molecule has 0 aliphatic heterocycles. The van der Waals surface area contributed by atoms with E-state index in [9.17, 15) is 9.59 Å². The number of aromatic nitrogens is 2. The Hall–Kier alpha value is -3.55. The zero-order chi connectivity index (χ0) is 20.1. The molecule has 0 saturated heterocycles. The smallest absolute Gasteiger partial charge is 0.412 e. The quantitative estimate of drug-likeness (QED) is 0.704. The Morgan fingerprint density at radius 2 is 1.82 bits per heavy atom. The van der Waals surface area contributed by atoms with E-state index in [0.717, 1.165) is 0 Å². The SMILES string of the molecule is CCn1cc(OC(=O)NCc2ccccn2)c2cc(OC)c(OC)cc2c1=O. The predicted molar refractivity (Wildman–Crippen MR) is 104 cm³/mol. The second-order valence-electron chi connectivity index (χ2n) is 5.90. The average molecular weight is 383 g/mol. The van der Waals surface area contributed by atoms with E-state index in [4.69, 9.17) is 14.2 Å². The largest absolute Gasteiger partial charge is 0.493 e. The van der Waals surface area contributed by atoms with E-state index >= 15 is 0 Å². The van der Waals surface area contributed by atoms with Crippen molar-refractivity contribution in [1.82, 2.24) is 14.9 Å². The first kappa shape index (κ1) is 19.2. The molecule has 0 fully saturated rings. The van der Waals surface area contributed by atoms with Crippen molar-refractivity contribution >= 4 is 16.9 Å². The van der Waals surface area contributed by atoms with Crippen LogP contribution >= 0.6 is 0 Å². The van der Waals surface area contributed by atoms with Gasteiger partial charge in [0.1, 0.15) is 0 Å². The van der Waals surface area contributed by atoms with E-state index in [2.05, 4.69) is 10.3 Å². The number of nitrogens with one attached hydrogen (secondary N) is 1. The third-order valence-electron chi connectivity index (χ3n) is 4.24. The molecule has 2 heterocycles. The van der Waals surface area contributed by atoms with Crippen LogP contribution in [0.25, 0.3) is 10.8 Å². The highest BCUT2D eigenvalue weighted by molar-refractivity contribution is 5.92. The molecule has 0 radical (unpaired) electrons. The highest BCUT2D eigenvalue weighted by Crippen LogP contribution is 2.34. The minimum absolute atomic E-state index is 0.209. The molecule has 2 aromatic heterocycles. The van der Waals surface area contributed by atoms with Crippen LogP contribution in [0.2, 0.25) is 0 Å². The minimum atomic E-state index is -0.650. The average Bonchev–Trinajstić information content (AvgIpc) is 2.74. The van der Waals surface area contributed by atoms with Gasteiger partial charge in [0.05, 0.1) is 38.0 Å². The molecule has 1 N–H and O–H groups in total. The third kappa shape index (κ3) is 3.90. The third-order valence-corrected chi connectivity index (χ3v) is 4.24. The van der Waals surface area contributed by atoms with Gasteiger partial charge in [-0.3, -0.25) is 9.78 Å². The first-order valence-corrected chi connectivity index (χ1v) is 8.72. The first-order valence-electron chi connectivity index (χ1n) is 8.72. The number of hydrogen-bond donors (Lipinski definition) is 1. The van der Waals surface area contributed by atoms with Crippen molar-refractivity contribution in [3.8, 4) is 17.2 Å². The maximum absolute atomic E-state index is 12.7. The summed E-state index contributed by atoms with van der Waals surface area (Å²) in [5, 5.41) is 3.48. The summed E-state index contributed by atoms with van der Waals surface area (Å²) in [5.41, 5.74) is 0.494. The first-order chi connectivity index (χ1) is 13.6. The highest BCUT2D eigenvalue weighted by Gasteiger charge is 2.16. The maximum atomic E-state index is 12.7. The molecular weight excluding hydrogens is 362 g/mol. The van der Waals surface area contributed by atoms with E-state index in [0.29, 0.717) is 34.5 Å². The Balaban J connectivity index is 1.95. The van der Waals surface area contributed by atoms with Crippen molar-refractivity contribution in [2.24, 2.45) is 0 Å². The number of carbonyl (C=O) groups is 1. The lowest BCUT2D eigenvalue weighted by Gasteiger charge is -2.14. The Morgan fingerprint density at radius 3 is 2.43 bits per heavy atom. The monoisotopic (exact) mass is 383 g/mol. The summed E-state index contributed by atoms with van der Waals surface area (Å²) in [6.45, 7) is 2.48. The molecule has 0 unspecified atom stereocenters. The van der Waals surface area contributed by atoms with E-state index in [-0.39, 0.29) is 17.9 Å². The van der Waals surface area contributed by atoms with Crippen LogP contribution in [0.3, 0.4) is 0 Å². The van der Waals surface area contributed by atoms with E-state index in [1.165, 1.54) is 25.0 Å². The topological polar surface area (TPSA) is 91.7 Å². The number of methoxy groups -OCH3 is 2. The fraction of sp³-hybridized carbons (Fsp3) is 0.250. The highest BCUT2D eigenvalue weighted by atomic mass is 16.6. The lowest BCUT2D eigenvalue weighted by atomic mass is 10.1. The molecule has 0 aliphatic rings. The van der Waals surface area contributed by atoms with Gasteiger partial charge in [0, 0.05) is 18.1 Å². The molecule has 1 aromatic carbocycles. The van der Waals surface area contributed by atoms with Gasteiger partial charge in [0.2, 0.25) is 0 Å². The van der Waals surface area contributed by atoms with Gasteiger partial charge in [-0.05, 0) is 31.2 Å². The fourth-order valence-corrected chi connectivity index (χ4v) is 2.80. The van der Waals surface area contributed by atoms with Crippen LogP contribution in [0.5, 0.6) is 17.2 Å². The minimum Gasteiger partial charge on any atom is -0.493 e. The maximum Gasteiger partial charge on any atom is 0.412 e. The number of hydrogen-bond acceptors (Lipinski definition) is 6. The molecule has 8 nitrogen and oxygen atoms in total. The molecule has 3 aromatic rings. The van der Waals surface area contributed by atoms with Crippen molar-refractivity contribution < 1.29 is 19.0 Å². The zero-order valence-corrected chi connectivity index (χ0v) is 15.9. The summed E-state index contributed by atoms with van der Waals surface area (Å²) < 4.78 is 17.5. The number of benzene rings is 1. The number of ether oxygens (including phenoxy) is 3. The summed E-state index contributed by atoms with van der Waals surface area (Å²) in [4.78, 5) is 29.1. The fourth-order valence-electron chi connectivity index (χ4n) is 2.80. The van der Waals surface area contributed by atoms with Crippen LogP contribution in [0.1, 0.15) is 12.6 Å². The van der Waals surface area contributed by atoms with Gasteiger partial charge in [0.25, 0.3) is 5.56 Å². The summed E-state index contributed by atoms with van der Waals surface area (Å²) >= 11 is 0. The van der Waals surface area contributed by atoms with Gasteiger partial charge >= 0.3 is 6.09 Å². The van der Waals surface area contributed by atoms with E-state index < -0.39 is 6.09 Å². The molecule has 146 valence electrons. The van der Waals surface area contributed by atoms with Crippen molar-refractivity contribution in [1.29, 1.82) is 0 Å². The molecule has 8 heteroatoms. The zero-order valence-electron chi connectivity index (χ0n) is 15.9. The van der Waals surface area contributed by atoms with Crippen molar-refractivity contribution in [3.63, 3.8) is 0 Å². The van der Waals surface area contributed by atoms with Crippen LogP contribution < -0.4 is 25.1 Å². The summed E-state index contributed by atoms with van der Waals surface area (Å²) in [6, 6.07) is 8.63. The predicted octanol–water partition coefficient (Wildman–Crippen LogP) is 2.72. The summed E-state index contributed by atoms with van der Waals surface area (Å²) in [5.74, 6) is 1.10. The summed E-state index contributed by atoms with van der Waals surface area (Å²) in [6.07, 6.45) is 2.51. The lowest BCUT2D eigenvalue weighted by molar-refractivity contribution is 0.200. The van der Waals surface area contributed by atoms with E-state index in [1.54, 1.807) is 30.5 Å². The van der Waals surface area contributed by atoms with Gasteiger partial charge in [0.15, 0.2) is 17.2 Å². The lowest BCUT2D eigenvalue weighted by Crippen LogP contribution is -2.28. The number of carbonyl (C=O) groups excluding carboxylic acids is 1. The number of nitrogens with zero attached hydrogens (tertiary/aromatic N) is 2. The van der Waals surface area contributed by atoms with Gasteiger partial charge in [-0.15, -0.1) is 0 Å². The van der Waals surface area contributed by atoms with Crippen LogP contribution in [-0.4, -0.2) is 29.9 Å². The molecule has 0 saturated carbocycles. The van der Waals surface area contributed by atoms with Crippen molar-refractivity contribution in [3.05, 3.63) is 58.8 Å². The van der Waals surface area contributed by atoms with Gasteiger partial charge < -0.3 is 24.1 Å². The number of amides is 1. The molecule has 0 bridgehead atoms. The summed E-state index contributed by atoms with van der Waals surface area (Å²) in [7, 11) is 2.99. The Bertz CT molecular complexity index is 1050. The second kappa shape index (κ2) is 8.43. The van der Waals surface area contributed by atoms with Crippen LogP contribution in [0, 0.1) is 0 Å². The van der Waals surface area contributed by atoms with Gasteiger partial charge in [-0.25, -0.2) is 4.79 Å². The molecule has 0 aliphatic carbocycles. The Morgan fingerprint density at radius 1 is 1.11 bits per heavy atom. The molecule has 0 spiro atoms.